The van der Waals surface area contributed by atoms with Crippen molar-refractivity contribution in [1.29, 1.82) is 0 Å². The minimum absolute atomic E-state index is 0.147. The maximum Gasteiger partial charge on any atom is 0.504 e. The summed E-state index contributed by atoms with van der Waals surface area (Å²) in [7, 11) is -3.14. The summed E-state index contributed by atoms with van der Waals surface area (Å²) in [4.78, 5) is 0. The molecule has 0 N–H and O–H groups in total. The normalized spacial score (nSPS) is 14.9. The molecule has 0 aromatic heterocycles. The van der Waals surface area contributed by atoms with Gasteiger partial charge in [0.15, 0.2) is 0 Å². The fraction of sp³-hybridized carbons (Fsp3) is 1.00. The highest BCUT2D eigenvalue weighted by Gasteiger charge is 2.45. The Morgan fingerprint density at radius 2 is 1.22 bits per heavy atom. The lowest BCUT2D eigenvalue weighted by Crippen LogP contribution is -2.49. The number of rotatable bonds is 16. The van der Waals surface area contributed by atoms with E-state index in [1.807, 2.05) is 0 Å². The van der Waals surface area contributed by atoms with E-state index in [-0.39, 0.29) is 19.1 Å². The Morgan fingerprint density at radius 3 is 1.70 bits per heavy atom. The molecule has 0 aromatic rings. The molecule has 3 nitrogen and oxygen atoms in total. The molecule has 23 heavy (non-hydrogen) atoms. The van der Waals surface area contributed by atoms with E-state index in [4.69, 9.17) is 13.3 Å². The first kappa shape index (κ1) is 22.9. The van der Waals surface area contributed by atoms with Crippen LogP contribution in [0, 0.1) is 0 Å². The largest absolute Gasteiger partial charge is 0.504 e. The molecule has 0 amide bonds. The van der Waals surface area contributed by atoms with Gasteiger partial charge < -0.3 is 13.3 Å². The second-order valence-corrected chi connectivity index (χ2v) is 8.10. The summed E-state index contributed by atoms with van der Waals surface area (Å²) in [5.74, 6) is 0. The topological polar surface area (TPSA) is 27.7 Å². The fourth-order valence-electron chi connectivity index (χ4n) is 2.47. The first-order chi connectivity index (χ1) is 11.0. The lowest BCUT2D eigenvalue weighted by Gasteiger charge is -2.30. The maximum absolute atomic E-state index is 14.3. The monoisotopic (exact) mass is 358 g/mol. The summed E-state index contributed by atoms with van der Waals surface area (Å²) in [5, 5.41) is 0. The van der Waals surface area contributed by atoms with Crippen molar-refractivity contribution in [3.63, 3.8) is 0 Å². The number of hydrogen-bond donors (Lipinski definition) is 0. The molecule has 0 radical (unpaired) electrons. The Morgan fingerprint density at radius 1 is 0.739 bits per heavy atom. The van der Waals surface area contributed by atoms with E-state index in [1.54, 1.807) is 20.8 Å². The molecule has 0 rings (SSSR count). The van der Waals surface area contributed by atoms with E-state index < -0.39 is 21.1 Å². The SMILES string of the molecule is CCO[Si](CC(F)C(F)CCCCCCCF)(OCC)OCC. The van der Waals surface area contributed by atoms with Crippen molar-refractivity contribution < 1.29 is 26.4 Å². The smallest absolute Gasteiger partial charge is 0.374 e. The zero-order valence-corrected chi connectivity index (χ0v) is 15.8. The van der Waals surface area contributed by atoms with Gasteiger partial charge in [-0.3, -0.25) is 4.39 Å². The summed E-state index contributed by atoms with van der Waals surface area (Å²) in [6.07, 6.45) is 0.631. The molecule has 0 aliphatic carbocycles. The third kappa shape index (κ3) is 10.4. The Labute approximate surface area is 140 Å². The van der Waals surface area contributed by atoms with E-state index in [2.05, 4.69) is 0 Å². The average molecular weight is 359 g/mol. The number of alkyl halides is 3. The standard InChI is InChI=1S/C16H33F3O3Si/c1-4-20-23(21-5-2,22-6-3)14-16(19)15(18)12-10-8-7-9-11-13-17/h15-16H,4-14H2,1-3H3. The van der Waals surface area contributed by atoms with Crippen LogP contribution < -0.4 is 0 Å². The lowest BCUT2D eigenvalue weighted by atomic mass is 10.1. The molecule has 0 heterocycles. The van der Waals surface area contributed by atoms with Crippen LogP contribution in [0.5, 0.6) is 0 Å². The Kier molecular flexibility index (Phi) is 14.2. The van der Waals surface area contributed by atoms with Crippen molar-refractivity contribution in [2.45, 2.75) is 77.7 Å². The minimum atomic E-state index is -3.14. The van der Waals surface area contributed by atoms with Crippen LogP contribution in [0.25, 0.3) is 0 Å². The number of unbranched alkanes of at least 4 members (excludes halogenated alkanes) is 4. The molecule has 0 aliphatic heterocycles. The van der Waals surface area contributed by atoms with Gasteiger partial charge in [-0.05, 0) is 33.6 Å². The molecule has 140 valence electrons. The Bertz CT molecular complexity index is 256. The molecule has 0 fully saturated rings. The van der Waals surface area contributed by atoms with E-state index in [9.17, 15) is 13.2 Å². The van der Waals surface area contributed by atoms with Gasteiger partial charge in [-0.15, -0.1) is 0 Å². The van der Waals surface area contributed by atoms with Gasteiger partial charge in [-0.1, -0.05) is 25.7 Å². The quantitative estimate of drug-likeness (QED) is 0.286. The van der Waals surface area contributed by atoms with Crippen LogP contribution in [0.2, 0.25) is 6.04 Å². The summed E-state index contributed by atoms with van der Waals surface area (Å²) in [6.45, 7) is 6.11. The van der Waals surface area contributed by atoms with E-state index >= 15 is 0 Å². The predicted octanol–water partition coefficient (Wildman–Crippen LogP) is 5.02. The summed E-state index contributed by atoms with van der Waals surface area (Å²) >= 11 is 0. The van der Waals surface area contributed by atoms with Gasteiger partial charge in [0.2, 0.25) is 0 Å². The summed E-state index contributed by atoms with van der Waals surface area (Å²) < 4.78 is 56.9. The molecular weight excluding hydrogens is 325 g/mol. The highest BCUT2D eigenvalue weighted by molar-refractivity contribution is 6.60. The Balaban J connectivity index is 4.28. The molecule has 2 unspecified atom stereocenters. The fourth-order valence-corrected chi connectivity index (χ4v) is 5.13. The summed E-state index contributed by atoms with van der Waals surface area (Å²) in [5.41, 5.74) is 0. The molecule has 0 bridgehead atoms. The first-order valence-electron chi connectivity index (χ1n) is 8.81. The molecular formula is C16H33F3O3Si. The minimum Gasteiger partial charge on any atom is -0.374 e. The van der Waals surface area contributed by atoms with Gasteiger partial charge >= 0.3 is 8.80 Å². The van der Waals surface area contributed by atoms with Crippen molar-refractivity contribution in [2.24, 2.45) is 0 Å². The second-order valence-electron chi connectivity index (χ2n) is 5.46. The average Bonchev–Trinajstić information content (AvgIpc) is 2.51. The van der Waals surface area contributed by atoms with Crippen LogP contribution in [-0.4, -0.2) is 47.6 Å². The molecule has 0 spiro atoms. The van der Waals surface area contributed by atoms with E-state index in [0.29, 0.717) is 32.7 Å². The zero-order valence-electron chi connectivity index (χ0n) is 14.8. The van der Waals surface area contributed by atoms with E-state index in [0.717, 1.165) is 19.3 Å². The van der Waals surface area contributed by atoms with Gasteiger partial charge in [-0.2, -0.15) is 0 Å². The first-order valence-corrected chi connectivity index (χ1v) is 10.7. The van der Waals surface area contributed by atoms with Crippen LogP contribution >= 0.6 is 0 Å². The lowest BCUT2D eigenvalue weighted by molar-refractivity contribution is 0.0555. The second kappa shape index (κ2) is 14.2. The summed E-state index contributed by atoms with van der Waals surface area (Å²) in [6, 6.07) is -0.147. The molecule has 2 atom stereocenters. The molecule has 0 saturated carbocycles. The van der Waals surface area contributed by atoms with Gasteiger partial charge in [0.25, 0.3) is 0 Å². The predicted molar refractivity (Wildman–Crippen MR) is 88.9 cm³/mol. The zero-order chi connectivity index (χ0) is 17.6. The number of hydrogen-bond acceptors (Lipinski definition) is 3. The van der Waals surface area contributed by atoms with Crippen LogP contribution in [0.15, 0.2) is 0 Å². The van der Waals surface area contributed by atoms with Crippen molar-refractivity contribution in [1.82, 2.24) is 0 Å². The van der Waals surface area contributed by atoms with Crippen LogP contribution in [0.3, 0.4) is 0 Å². The van der Waals surface area contributed by atoms with Gasteiger partial charge in [0.05, 0.1) is 12.7 Å². The van der Waals surface area contributed by atoms with Crippen LogP contribution in [-0.2, 0) is 13.3 Å². The van der Waals surface area contributed by atoms with Crippen molar-refractivity contribution in [3.05, 3.63) is 0 Å². The maximum atomic E-state index is 14.3. The Hall–Kier alpha value is -0.113. The van der Waals surface area contributed by atoms with Gasteiger partial charge in [0.1, 0.15) is 12.3 Å². The van der Waals surface area contributed by atoms with Crippen LogP contribution in [0.1, 0.15) is 59.3 Å². The third-order valence-electron chi connectivity index (χ3n) is 3.54. The molecule has 0 aliphatic rings. The van der Waals surface area contributed by atoms with Crippen molar-refractivity contribution in [3.8, 4) is 0 Å². The number of halogens is 3. The van der Waals surface area contributed by atoms with Crippen molar-refractivity contribution in [2.75, 3.05) is 26.5 Å². The highest BCUT2D eigenvalue weighted by atomic mass is 28.4. The molecule has 0 saturated heterocycles. The highest BCUT2D eigenvalue weighted by Crippen LogP contribution is 2.25. The van der Waals surface area contributed by atoms with E-state index in [1.165, 1.54) is 0 Å². The van der Waals surface area contributed by atoms with Gasteiger partial charge in [0, 0.05) is 19.8 Å². The van der Waals surface area contributed by atoms with Crippen molar-refractivity contribution >= 4 is 8.80 Å². The van der Waals surface area contributed by atoms with Crippen LogP contribution in [0.4, 0.5) is 13.2 Å². The van der Waals surface area contributed by atoms with Gasteiger partial charge in [-0.25, -0.2) is 8.78 Å². The molecule has 0 aromatic carbocycles. The molecule has 7 heteroatoms. The third-order valence-corrected chi connectivity index (χ3v) is 6.62.